The summed E-state index contributed by atoms with van der Waals surface area (Å²) in [5, 5.41) is 2.71. The number of nitrogen functional groups attached to an aromatic ring is 1. The summed E-state index contributed by atoms with van der Waals surface area (Å²) in [6, 6.07) is 9.35. The number of carbonyl (C=O) groups excluding carboxylic acids is 2. The van der Waals surface area contributed by atoms with Gasteiger partial charge in [0.1, 0.15) is 6.61 Å². The SMILES string of the molecule is COC(=O)c1nc(C=C(CNC(=O)OCc2ccccc2)B2OC(C)(C)C(C)(C)O2)cnc1N. The number of methoxy groups -OCH3 is 1. The molecular weight excluding hydrogens is 439 g/mol. The van der Waals surface area contributed by atoms with Crippen molar-refractivity contribution in [2.24, 2.45) is 0 Å². The van der Waals surface area contributed by atoms with Gasteiger partial charge in [-0.2, -0.15) is 0 Å². The van der Waals surface area contributed by atoms with E-state index in [9.17, 15) is 9.59 Å². The van der Waals surface area contributed by atoms with Gasteiger partial charge in [-0.25, -0.2) is 19.6 Å². The van der Waals surface area contributed by atoms with Crippen LogP contribution in [-0.4, -0.2) is 54.0 Å². The number of nitrogens with two attached hydrogens (primary N) is 1. The molecule has 1 aliphatic heterocycles. The lowest BCUT2D eigenvalue weighted by Gasteiger charge is -2.32. The molecule has 180 valence electrons. The van der Waals surface area contributed by atoms with Crippen LogP contribution in [0.25, 0.3) is 6.08 Å². The zero-order valence-electron chi connectivity index (χ0n) is 20.0. The summed E-state index contributed by atoms with van der Waals surface area (Å²) in [5.74, 6) is -0.760. The van der Waals surface area contributed by atoms with E-state index in [0.29, 0.717) is 11.2 Å². The summed E-state index contributed by atoms with van der Waals surface area (Å²) < 4.78 is 22.3. The average molecular weight is 468 g/mol. The Kier molecular flexibility index (Phi) is 7.58. The van der Waals surface area contributed by atoms with E-state index in [0.717, 1.165) is 5.56 Å². The lowest BCUT2D eigenvalue weighted by molar-refractivity contribution is 0.00578. The minimum atomic E-state index is -0.777. The highest BCUT2D eigenvalue weighted by molar-refractivity contribution is 6.56. The molecule has 1 aromatic heterocycles. The van der Waals surface area contributed by atoms with Crippen molar-refractivity contribution in [3.05, 3.63) is 59.0 Å². The summed E-state index contributed by atoms with van der Waals surface area (Å²) in [6.45, 7) is 7.86. The molecule has 3 N–H and O–H groups in total. The summed E-state index contributed by atoms with van der Waals surface area (Å²) in [7, 11) is 0.451. The van der Waals surface area contributed by atoms with Crippen molar-refractivity contribution in [3.8, 4) is 0 Å². The smallest absolute Gasteiger partial charge is 0.464 e. The number of nitrogens with zero attached hydrogens (tertiary/aromatic N) is 2. The van der Waals surface area contributed by atoms with Crippen LogP contribution in [0.5, 0.6) is 0 Å². The normalized spacial score (nSPS) is 16.7. The van der Waals surface area contributed by atoms with Crippen LogP contribution in [0, 0.1) is 0 Å². The van der Waals surface area contributed by atoms with Crippen molar-refractivity contribution < 1.29 is 28.4 Å². The number of nitrogens with one attached hydrogen (secondary N) is 1. The van der Waals surface area contributed by atoms with Gasteiger partial charge >= 0.3 is 19.2 Å². The molecule has 1 fully saturated rings. The van der Waals surface area contributed by atoms with E-state index < -0.39 is 30.4 Å². The molecule has 0 aliphatic carbocycles. The molecule has 0 radical (unpaired) electrons. The number of benzene rings is 1. The number of hydrogen-bond donors (Lipinski definition) is 2. The van der Waals surface area contributed by atoms with Crippen LogP contribution in [0.1, 0.15) is 49.4 Å². The molecule has 1 aromatic carbocycles. The summed E-state index contributed by atoms with van der Waals surface area (Å²) in [4.78, 5) is 32.5. The maximum atomic E-state index is 12.3. The molecule has 10 nitrogen and oxygen atoms in total. The first-order chi connectivity index (χ1) is 16.0. The molecule has 2 heterocycles. The van der Waals surface area contributed by atoms with Gasteiger partial charge in [-0.05, 0) is 44.8 Å². The largest absolute Gasteiger partial charge is 0.492 e. The maximum absolute atomic E-state index is 12.3. The second kappa shape index (κ2) is 10.2. The van der Waals surface area contributed by atoms with Crippen LogP contribution < -0.4 is 11.1 Å². The second-order valence-corrected chi connectivity index (χ2v) is 8.74. The van der Waals surface area contributed by atoms with Gasteiger partial charge in [-0.15, -0.1) is 0 Å². The molecule has 0 bridgehead atoms. The van der Waals surface area contributed by atoms with Gasteiger partial charge in [-0.1, -0.05) is 30.3 Å². The molecule has 1 aliphatic rings. The molecule has 1 amide bonds. The minimum absolute atomic E-state index is 0.0457. The van der Waals surface area contributed by atoms with E-state index in [-0.39, 0.29) is 24.7 Å². The van der Waals surface area contributed by atoms with E-state index in [4.69, 9.17) is 24.5 Å². The topological polar surface area (TPSA) is 135 Å². The molecule has 2 aromatic rings. The van der Waals surface area contributed by atoms with Gasteiger partial charge in [-0.3, -0.25) is 0 Å². The molecule has 0 spiro atoms. The van der Waals surface area contributed by atoms with Crippen molar-refractivity contribution in [3.63, 3.8) is 0 Å². The Morgan fingerprint density at radius 2 is 1.79 bits per heavy atom. The zero-order chi connectivity index (χ0) is 24.9. The third-order valence-corrected chi connectivity index (χ3v) is 5.74. The van der Waals surface area contributed by atoms with E-state index in [1.807, 2.05) is 58.0 Å². The van der Waals surface area contributed by atoms with Crippen LogP contribution in [-0.2, 0) is 25.4 Å². The fraction of sp³-hybridized carbons (Fsp3) is 0.391. The van der Waals surface area contributed by atoms with Crippen LogP contribution in [0.3, 0.4) is 0 Å². The second-order valence-electron chi connectivity index (χ2n) is 8.74. The molecule has 0 saturated carbocycles. The quantitative estimate of drug-likeness (QED) is 0.465. The third-order valence-electron chi connectivity index (χ3n) is 5.74. The number of rotatable bonds is 7. The highest BCUT2D eigenvalue weighted by atomic mass is 16.7. The number of anilines is 1. The van der Waals surface area contributed by atoms with Crippen molar-refractivity contribution in [1.82, 2.24) is 15.3 Å². The molecule has 1 saturated heterocycles. The molecule has 0 unspecified atom stereocenters. The van der Waals surface area contributed by atoms with Crippen LogP contribution >= 0.6 is 0 Å². The van der Waals surface area contributed by atoms with Gasteiger partial charge in [0.25, 0.3) is 0 Å². The first-order valence-corrected chi connectivity index (χ1v) is 10.7. The van der Waals surface area contributed by atoms with Crippen molar-refractivity contribution in [2.75, 3.05) is 19.4 Å². The van der Waals surface area contributed by atoms with E-state index in [1.165, 1.54) is 13.3 Å². The average Bonchev–Trinajstić information content (AvgIpc) is 3.03. The summed E-state index contributed by atoms with van der Waals surface area (Å²) >= 11 is 0. The van der Waals surface area contributed by atoms with Crippen molar-refractivity contribution >= 4 is 31.1 Å². The predicted octanol–water partition coefficient (Wildman–Crippen LogP) is 2.79. The number of hydrogen-bond acceptors (Lipinski definition) is 9. The monoisotopic (exact) mass is 468 g/mol. The van der Waals surface area contributed by atoms with Gasteiger partial charge in [0.2, 0.25) is 0 Å². The Labute approximate surface area is 199 Å². The van der Waals surface area contributed by atoms with Crippen molar-refractivity contribution in [1.29, 1.82) is 0 Å². The first kappa shape index (κ1) is 25.2. The van der Waals surface area contributed by atoms with Crippen LogP contribution in [0.4, 0.5) is 10.6 Å². The highest BCUT2D eigenvalue weighted by Gasteiger charge is 2.52. The standard InChI is InChI=1S/C23H29BN4O6/c1-22(2)23(3,4)34-24(33-22)16(11-17-13-26-19(25)18(28-17)20(29)31-5)12-27-21(30)32-14-15-9-7-6-8-10-15/h6-11,13H,12,14H2,1-5H3,(H2,25,26)(H,27,30). The Morgan fingerprint density at radius 3 is 2.41 bits per heavy atom. The number of carbonyl (C=O) groups is 2. The van der Waals surface area contributed by atoms with Gasteiger partial charge < -0.3 is 29.8 Å². The van der Waals surface area contributed by atoms with Crippen LogP contribution in [0.2, 0.25) is 0 Å². The first-order valence-electron chi connectivity index (χ1n) is 10.7. The van der Waals surface area contributed by atoms with Gasteiger partial charge in [0, 0.05) is 6.54 Å². The fourth-order valence-corrected chi connectivity index (χ4v) is 3.06. The lowest BCUT2D eigenvalue weighted by atomic mass is 9.77. The van der Waals surface area contributed by atoms with E-state index >= 15 is 0 Å². The number of amides is 1. The zero-order valence-corrected chi connectivity index (χ0v) is 20.0. The number of aromatic nitrogens is 2. The van der Waals surface area contributed by atoms with E-state index in [1.54, 1.807) is 6.08 Å². The molecular formula is C23H29BN4O6. The molecule has 34 heavy (non-hydrogen) atoms. The fourth-order valence-electron chi connectivity index (χ4n) is 3.06. The van der Waals surface area contributed by atoms with Crippen molar-refractivity contribution in [2.45, 2.75) is 45.5 Å². The predicted molar refractivity (Wildman–Crippen MR) is 126 cm³/mol. The highest BCUT2D eigenvalue weighted by Crippen LogP contribution is 2.38. The molecule has 11 heteroatoms. The summed E-state index contributed by atoms with van der Waals surface area (Å²) in [6.07, 6.45) is 2.42. The van der Waals surface area contributed by atoms with Gasteiger partial charge in [0.15, 0.2) is 11.5 Å². The molecule has 0 atom stereocenters. The Bertz CT molecular complexity index is 1060. The Hall–Kier alpha value is -3.44. The summed E-state index contributed by atoms with van der Waals surface area (Å²) in [5.41, 5.74) is 6.17. The Morgan fingerprint density at radius 1 is 1.15 bits per heavy atom. The van der Waals surface area contributed by atoms with Crippen LogP contribution in [0.15, 0.2) is 42.0 Å². The minimum Gasteiger partial charge on any atom is -0.464 e. The maximum Gasteiger partial charge on any atom is 0.492 e. The Balaban J connectivity index is 1.80. The van der Waals surface area contributed by atoms with E-state index in [2.05, 4.69) is 15.3 Å². The number of esters is 1. The third kappa shape index (κ3) is 5.92. The number of ether oxygens (including phenoxy) is 2. The number of alkyl carbamates (subject to hydrolysis) is 1. The molecule has 3 rings (SSSR count). The lowest BCUT2D eigenvalue weighted by Crippen LogP contribution is -2.41. The van der Waals surface area contributed by atoms with Gasteiger partial charge in [0.05, 0.1) is 30.2 Å².